The van der Waals surface area contributed by atoms with Gasteiger partial charge in [-0.3, -0.25) is 18.9 Å². The number of unbranched alkanes of at least 4 members (excludes halogenated alkanes) is 2. The van der Waals surface area contributed by atoms with Crippen LogP contribution in [0.5, 0.6) is 5.75 Å². The summed E-state index contributed by atoms with van der Waals surface area (Å²) in [6.45, 7) is 5.78. The van der Waals surface area contributed by atoms with Crippen molar-refractivity contribution in [1.82, 2.24) is 20.3 Å². The summed E-state index contributed by atoms with van der Waals surface area (Å²) in [5.74, 6) is -1.92. The molecule has 0 aliphatic heterocycles. The van der Waals surface area contributed by atoms with E-state index in [1.54, 1.807) is 55.5 Å². The van der Waals surface area contributed by atoms with Crippen LogP contribution in [-0.2, 0) is 41.3 Å². The number of furan rings is 1. The Kier molecular flexibility index (Phi) is 17.5. The number of nitrogens with one attached hydrogen (secondary N) is 2. The second-order valence-electron chi connectivity index (χ2n) is 15.1. The largest absolute Gasteiger partial charge is 0.494 e. The lowest BCUT2D eigenvalue weighted by molar-refractivity contribution is -0.171. The molecule has 0 saturated heterocycles. The van der Waals surface area contributed by atoms with Crippen molar-refractivity contribution in [2.24, 2.45) is 5.92 Å². The van der Waals surface area contributed by atoms with E-state index in [0.29, 0.717) is 43.6 Å². The summed E-state index contributed by atoms with van der Waals surface area (Å²) < 4.78 is 40.7. The van der Waals surface area contributed by atoms with Crippen LogP contribution < -0.4 is 20.7 Å². The molecular weight excluding hydrogens is 848 g/mol. The van der Waals surface area contributed by atoms with E-state index < -0.39 is 37.3 Å². The number of ether oxygens (including phenoxy) is 1. The summed E-state index contributed by atoms with van der Waals surface area (Å²) in [4.78, 5) is 58.4. The van der Waals surface area contributed by atoms with Crippen LogP contribution in [0.3, 0.4) is 0 Å². The van der Waals surface area contributed by atoms with Gasteiger partial charge >= 0.3 is 13.6 Å². The summed E-state index contributed by atoms with van der Waals surface area (Å²) in [5.41, 5.74) is 3.16. The molecule has 340 valence electrons. The van der Waals surface area contributed by atoms with Crippen LogP contribution in [-0.4, -0.2) is 53.1 Å². The second-order valence-corrected chi connectivity index (χ2v) is 17.1. The zero-order chi connectivity index (χ0) is 46.0. The first-order chi connectivity index (χ1) is 31.6. The van der Waals surface area contributed by atoms with Gasteiger partial charge in [-0.15, -0.1) is 0 Å². The zero-order valence-electron chi connectivity index (χ0n) is 36.8. The molecule has 6 aromatic rings. The Balaban J connectivity index is 1.13. The third-order valence-corrected chi connectivity index (χ3v) is 12.4. The Bertz CT molecular complexity index is 2450. The first-order valence-corrected chi connectivity index (χ1v) is 23.3. The molecule has 2 atom stereocenters. The number of hydrogen-bond acceptors (Lipinski definition) is 10. The molecule has 0 saturated carbocycles. The number of amides is 3. The molecule has 0 bridgehead atoms. The first-order valence-electron chi connectivity index (χ1n) is 21.8. The van der Waals surface area contributed by atoms with Crippen LogP contribution in [0.1, 0.15) is 84.9 Å². The Morgan fingerprint density at radius 3 is 2.05 bits per heavy atom. The second kappa shape index (κ2) is 23.8. The van der Waals surface area contributed by atoms with Gasteiger partial charge in [0, 0.05) is 23.6 Å². The Morgan fingerprint density at radius 2 is 1.45 bits per heavy atom. The Morgan fingerprint density at radius 1 is 0.785 bits per heavy atom. The molecule has 0 radical (unpaired) electrons. The molecule has 2 heterocycles. The lowest BCUT2D eigenvalue weighted by Crippen LogP contribution is -2.49. The summed E-state index contributed by atoms with van der Waals surface area (Å²) in [5, 5.41) is 6.59. The minimum absolute atomic E-state index is 0.0228. The molecule has 65 heavy (non-hydrogen) atoms. The molecule has 0 fully saturated rings. The number of nitrogens with zero attached hydrogens (tertiary/aromatic N) is 2. The highest BCUT2D eigenvalue weighted by molar-refractivity contribution is 7.62. The molecule has 6 rings (SSSR count). The molecule has 0 unspecified atom stereocenters. The van der Waals surface area contributed by atoms with Gasteiger partial charge in [0.1, 0.15) is 11.5 Å². The summed E-state index contributed by atoms with van der Waals surface area (Å²) in [7, 11) is -3.99. The summed E-state index contributed by atoms with van der Waals surface area (Å²) in [6, 6.07) is 36.5. The lowest BCUT2D eigenvalue weighted by Gasteiger charge is -2.31. The molecular formula is C50H55N4O10P. The van der Waals surface area contributed by atoms with E-state index in [1.165, 1.54) is 6.07 Å². The predicted molar refractivity (Wildman–Crippen MR) is 246 cm³/mol. The van der Waals surface area contributed by atoms with Crippen LogP contribution in [0.15, 0.2) is 144 Å². The van der Waals surface area contributed by atoms with Crippen molar-refractivity contribution < 1.29 is 46.8 Å². The first kappa shape index (κ1) is 47.7. The van der Waals surface area contributed by atoms with Crippen LogP contribution in [0.2, 0.25) is 0 Å². The van der Waals surface area contributed by atoms with Crippen LogP contribution in [0, 0.1) is 5.92 Å². The van der Waals surface area contributed by atoms with Gasteiger partial charge in [-0.05, 0) is 97.6 Å². The van der Waals surface area contributed by atoms with E-state index in [9.17, 15) is 23.7 Å². The van der Waals surface area contributed by atoms with Gasteiger partial charge < -0.3 is 38.2 Å². The minimum Gasteiger partial charge on any atom is -0.494 e. The van der Waals surface area contributed by atoms with Crippen molar-refractivity contribution in [1.29, 1.82) is 0 Å². The molecule has 15 heteroatoms. The van der Waals surface area contributed by atoms with Gasteiger partial charge in [0.05, 0.1) is 49.3 Å². The maximum atomic E-state index is 14.7. The van der Waals surface area contributed by atoms with Gasteiger partial charge in [0.2, 0.25) is 12.3 Å². The predicted octanol–water partition coefficient (Wildman–Crippen LogP) is 9.40. The number of carbonyl (C=O) groups is 4. The fourth-order valence-corrected chi connectivity index (χ4v) is 8.77. The molecule has 14 nitrogen and oxygen atoms in total. The monoisotopic (exact) mass is 902 g/mol. The number of carbonyl (C=O) groups excluding carboxylic acids is 4. The van der Waals surface area contributed by atoms with Crippen molar-refractivity contribution in [3.05, 3.63) is 162 Å². The highest BCUT2D eigenvalue weighted by Crippen LogP contribution is 2.50. The van der Waals surface area contributed by atoms with E-state index in [4.69, 9.17) is 23.0 Å². The lowest BCUT2D eigenvalue weighted by atomic mass is 9.90. The molecule has 2 N–H and O–H groups in total. The Labute approximate surface area is 379 Å². The van der Waals surface area contributed by atoms with Crippen LogP contribution >= 0.6 is 7.60 Å². The van der Waals surface area contributed by atoms with E-state index in [2.05, 4.69) is 10.6 Å². The standard InChI is InChI=1S/C50H55N4O10P/c1-4-7-10-21-44(45(5-2)54(36-55)64-50(58)39-22-24-41(25-23-39)53-28-15-16-29-53)48(56)51-35-52-49(57)47-27-26-46(63-47)40-30-42(60-6-3)32-43(31-40)65(59,61-33-37-17-11-8-12-18-37)62-34-38-19-13-9-14-20-38/h8-9,11-20,22-32,36,44-45H,4-7,10,21,33-35H2,1-3H3,(H,51,56)(H,52,57)/t44-,45-/m1/s1. The SMILES string of the molecule is CCCCC[C@@H](C(=O)NCNC(=O)c1ccc(-c2cc(OCC)cc(P(=O)(OCc3ccccc3)OCc3ccccc3)c2)o1)[C@@H](CC)N(C=O)OC(=O)c1ccc(-n2cccc2)cc1. The minimum atomic E-state index is -3.99. The van der Waals surface area contributed by atoms with Crippen molar-refractivity contribution in [2.45, 2.75) is 72.1 Å². The Hall–Kier alpha value is -6.73. The molecule has 4 aromatic carbocycles. The number of hydroxylamine groups is 2. The summed E-state index contributed by atoms with van der Waals surface area (Å²) >= 11 is 0. The van der Waals surface area contributed by atoms with E-state index in [1.807, 2.05) is 104 Å². The highest BCUT2D eigenvalue weighted by atomic mass is 31.2. The fourth-order valence-electron chi connectivity index (χ4n) is 7.18. The van der Waals surface area contributed by atoms with Gasteiger partial charge in [-0.25, -0.2) is 4.79 Å². The smallest absolute Gasteiger partial charge is 0.363 e. The quantitative estimate of drug-likeness (QED) is 0.0186. The molecule has 3 amide bonds. The fraction of sp³-hybridized carbons (Fsp3) is 0.280. The highest BCUT2D eigenvalue weighted by Gasteiger charge is 2.34. The number of hydrogen-bond donors (Lipinski definition) is 2. The van der Waals surface area contributed by atoms with Gasteiger partial charge in [-0.2, -0.15) is 5.06 Å². The van der Waals surface area contributed by atoms with Crippen molar-refractivity contribution in [3.63, 3.8) is 0 Å². The average molecular weight is 903 g/mol. The van der Waals surface area contributed by atoms with Crippen LogP contribution in [0.25, 0.3) is 17.0 Å². The van der Waals surface area contributed by atoms with E-state index >= 15 is 0 Å². The number of aromatic nitrogens is 1. The summed E-state index contributed by atoms with van der Waals surface area (Å²) in [6.07, 6.45) is 7.33. The van der Waals surface area contributed by atoms with Gasteiger partial charge in [0.15, 0.2) is 5.76 Å². The maximum absolute atomic E-state index is 14.7. The number of benzene rings is 4. The van der Waals surface area contributed by atoms with Gasteiger partial charge in [0.25, 0.3) is 5.91 Å². The molecule has 0 spiro atoms. The third-order valence-electron chi connectivity index (χ3n) is 10.6. The average Bonchev–Trinajstić information content (AvgIpc) is 4.07. The van der Waals surface area contributed by atoms with Crippen molar-refractivity contribution in [3.8, 4) is 22.8 Å². The number of rotatable bonds is 25. The van der Waals surface area contributed by atoms with E-state index in [0.717, 1.165) is 34.7 Å². The molecule has 0 aliphatic carbocycles. The third kappa shape index (κ3) is 13.2. The topological polar surface area (TPSA) is 168 Å². The van der Waals surface area contributed by atoms with Crippen molar-refractivity contribution in [2.75, 3.05) is 13.3 Å². The maximum Gasteiger partial charge on any atom is 0.363 e. The normalized spacial score (nSPS) is 12.2. The van der Waals surface area contributed by atoms with E-state index in [-0.39, 0.29) is 42.3 Å². The molecule has 2 aromatic heterocycles. The molecule has 0 aliphatic rings. The van der Waals surface area contributed by atoms with Gasteiger partial charge in [-0.1, -0.05) is 93.8 Å². The zero-order valence-corrected chi connectivity index (χ0v) is 37.7. The van der Waals surface area contributed by atoms with Crippen LogP contribution in [0.4, 0.5) is 0 Å². The van der Waals surface area contributed by atoms with Crippen molar-refractivity contribution >= 4 is 37.1 Å².